The first-order valence-electron chi connectivity index (χ1n) is 19.4. The SMILES string of the molecule is C=C(C)CC(CC(=C)C(=O)OC12CC3CC(CC(C3)C1)C2)(C(=O)OC12CC3CC(CC(C3)C1)C2)C(=O)OC12CC3CC(CC(C3)C1)C2. The Balaban J connectivity index is 1.01. The number of carbonyl (C=O) groups is 3. The van der Waals surface area contributed by atoms with Crippen LogP contribution in [0.3, 0.4) is 0 Å². The lowest BCUT2D eigenvalue weighted by atomic mass is 9.54. The van der Waals surface area contributed by atoms with Crippen molar-refractivity contribution in [3.05, 3.63) is 24.3 Å². The first kappa shape index (κ1) is 30.9. The summed E-state index contributed by atoms with van der Waals surface area (Å²) in [4.78, 5) is 43.9. The minimum absolute atomic E-state index is 0.0903. The fourth-order valence-electron chi connectivity index (χ4n) is 14.7. The van der Waals surface area contributed by atoms with Crippen LogP contribution in [0.4, 0.5) is 0 Å². The minimum atomic E-state index is -1.70. The zero-order chi connectivity index (χ0) is 32.3. The smallest absolute Gasteiger partial charge is 0.333 e. The second-order valence-electron chi connectivity index (χ2n) is 19.5. The molecule has 0 aromatic rings. The van der Waals surface area contributed by atoms with Crippen LogP contribution < -0.4 is 0 Å². The topological polar surface area (TPSA) is 78.9 Å². The van der Waals surface area contributed by atoms with Crippen LogP contribution in [0.25, 0.3) is 0 Å². The molecule has 12 rings (SSSR count). The van der Waals surface area contributed by atoms with E-state index in [-0.39, 0.29) is 18.4 Å². The van der Waals surface area contributed by atoms with E-state index in [1.807, 2.05) is 6.92 Å². The van der Waals surface area contributed by atoms with Gasteiger partial charge in [-0.1, -0.05) is 12.2 Å². The zero-order valence-electron chi connectivity index (χ0n) is 28.7. The first-order valence-corrected chi connectivity index (χ1v) is 19.4. The summed E-state index contributed by atoms with van der Waals surface area (Å²) in [6, 6.07) is 0. The highest BCUT2D eigenvalue weighted by molar-refractivity contribution is 6.03. The Labute approximate surface area is 281 Å². The lowest BCUT2D eigenvalue weighted by Gasteiger charge is -2.57. The van der Waals surface area contributed by atoms with E-state index in [4.69, 9.17) is 14.2 Å². The molecule has 12 aliphatic carbocycles. The zero-order valence-corrected chi connectivity index (χ0v) is 28.7. The lowest BCUT2D eigenvalue weighted by molar-refractivity contribution is -0.213. The average Bonchev–Trinajstić information content (AvgIpc) is 2.93. The van der Waals surface area contributed by atoms with Gasteiger partial charge in [0.15, 0.2) is 5.41 Å². The predicted molar refractivity (Wildman–Crippen MR) is 177 cm³/mol. The van der Waals surface area contributed by atoms with E-state index in [0.717, 1.165) is 57.8 Å². The van der Waals surface area contributed by atoms with Crippen molar-refractivity contribution in [1.29, 1.82) is 0 Å². The molecular weight excluding hydrogens is 588 g/mol. The largest absolute Gasteiger partial charge is 0.458 e. The Hall–Kier alpha value is -2.11. The van der Waals surface area contributed by atoms with Crippen molar-refractivity contribution in [2.24, 2.45) is 58.7 Å². The van der Waals surface area contributed by atoms with Crippen molar-refractivity contribution < 1.29 is 28.6 Å². The summed E-state index contributed by atoms with van der Waals surface area (Å²) in [5.74, 6) is 3.94. The van der Waals surface area contributed by atoms with Crippen molar-refractivity contribution in [2.75, 3.05) is 0 Å². The molecule has 6 heteroatoms. The maximum atomic E-state index is 14.9. The Morgan fingerprint density at radius 3 is 1.06 bits per heavy atom. The quantitative estimate of drug-likeness (QED) is 0.0781. The summed E-state index contributed by atoms with van der Waals surface area (Å²) in [6.45, 7) is 10.3. The maximum Gasteiger partial charge on any atom is 0.333 e. The summed E-state index contributed by atoms with van der Waals surface area (Å²) < 4.78 is 19.8. The molecule has 0 amide bonds. The molecule has 12 bridgehead atoms. The molecule has 6 nitrogen and oxygen atoms in total. The molecule has 0 atom stereocenters. The first-order chi connectivity index (χ1) is 22.4. The molecule has 0 N–H and O–H groups in total. The van der Waals surface area contributed by atoms with Gasteiger partial charge < -0.3 is 14.2 Å². The van der Waals surface area contributed by atoms with E-state index in [0.29, 0.717) is 58.8 Å². The van der Waals surface area contributed by atoms with Crippen LogP contribution in [-0.2, 0) is 28.6 Å². The predicted octanol–water partition coefficient (Wildman–Crippen LogP) is 8.42. The third-order valence-corrected chi connectivity index (χ3v) is 15.1. The number of ether oxygens (including phenoxy) is 3. The van der Waals surface area contributed by atoms with Crippen molar-refractivity contribution in [3.8, 4) is 0 Å². The summed E-state index contributed by atoms with van der Waals surface area (Å²) in [5.41, 5.74) is -2.27. The molecule has 0 saturated heterocycles. The molecule has 0 heterocycles. The van der Waals surface area contributed by atoms with Gasteiger partial charge in [0.25, 0.3) is 0 Å². The summed E-state index contributed by atoms with van der Waals surface area (Å²) in [6.07, 6.45) is 19.2. The Kier molecular flexibility index (Phi) is 7.03. The second kappa shape index (κ2) is 10.7. The van der Waals surface area contributed by atoms with Crippen LogP contribution >= 0.6 is 0 Å². The Bertz CT molecular complexity index is 1220. The van der Waals surface area contributed by atoms with Crippen LogP contribution in [0, 0.1) is 58.7 Å². The molecule has 0 radical (unpaired) electrons. The highest BCUT2D eigenvalue weighted by atomic mass is 16.6. The van der Waals surface area contributed by atoms with Crippen molar-refractivity contribution in [1.82, 2.24) is 0 Å². The molecule has 0 spiro atoms. The van der Waals surface area contributed by atoms with Gasteiger partial charge in [0, 0.05) is 12.0 Å². The summed E-state index contributed by atoms with van der Waals surface area (Å²) in [7, 11) is 0. The van der Waals surface area contributed by atoms with E-state index in [1.54, 1.807) is 0 Å². The molecule has 47 heavy (non-hydrogen) atoms. The Morgan fingerprint density at radius 2 is 0.787 bits per heavy atom. The van der Waals surface area contributed by atoms with Gasteiger partial charge in [0.2, 0.25) is 0 Å². The highest BCUT2D eigenvalue weighted by Gasteiger charge is 2.61. The molecule has 0 aliphatic heterocycles. The fourth-order valence-corrected chi connectivity index (χ4v) is 14.7. The lowest BCUT2D eigenvalue weighted by Crippen LogP contribution is -2.57. The van der Waals surface area contributed by atoms with Crippen molar-refractivity contribution in [2.45, 2.75) is 152 Å². The van der Waals surface area contributed by atoms with Crippen LogP contribution in [-0.4, -0.2) is 34.7 Å². The summed E-state index contributed by atoms with van der Waals surface area (Å²) >= 11 is 0. The van der Waals surface area contributed by atoms with Crippen molar-refractivity contribution in [3.63, 3.8) is 0 Å². The van der Waals surface area contributed by atoms with E-state index in [1.165, 1.54) is 57.8 Å². The monoisotopic (exact) mass is 644 g/mol. The van der Waals surface area contributed by atoms with Gasteiger partial charge in [-0.15, -0.1) is 6.58 Å². The van der Waals surface area contributed by atoms with Gasteiger partial charge in [-0.25, -0.2) is 4.79 Å². The summed E-state index contributed by atoms with van der Waals surface area (Å²) in [5, 5.41) is 0. The third kappa shape index (κ3) is 5.36. The molecule has 256 valence electrons. The molecule has 12 fully saturated rings. The van der Waals surface area contributed by atoms with E-state index < -0.39 is 40.1 Å². The van der Waals surface area contributed by atoms with Gasteiger partial charge in [-0.2, -0.15) is 0 Å². The maximum absolute atomic E-state index is 14.9. The van der Waals surface area contributed by atoms with Crippen molar-refractivity contribution >= 4 is 17.9 Å². The number of hydrogen-bond acceptors (Lipinski definition) is 6. The number of rotatable bonds is 10. The highest BCUT2D eigenvalue weighted by Crippen LogP contribution is 2.61. The number of hydrogen-bond donors (Lipinski definition) is 0. The van der Waals surface area contributed by atoms with Gasteiger partial charge >= 0.3 is 17.9 Å². The van der Waals surface area contributed by atoms with E-state index in [9.17, 15) is 14.4 Å². The van der Waals surface area contributed by atoms with Gasteiger partial charge in [-0.3, -0.25) is 9.59 Å². The van der Waals surface area contributed by atoms with Gasteiger partial charge in [0.1, 0.15) is 16.8 Å². The number of carbonyl (C=O) groups excluding carboxylic acids is 3. The van der Waals surface area contributed by atoms with E-state index >= 15 is 0 Å². The second-order valence-corrected chi connectivity index (χ2v) is 19.5. The third-order valence-electron chi connectivity index (χ3n) is 15.1. The van der Waals surface area contributed by atoms with Gasteiger partial charge in [-0.05, 0) is 182 Å². The molecule has 12 aliphatic rings. The molecular formula is C41H56O6. The number of esters is 3. The van der Waals surface area contributed by atoms with Gasteiger partial charge in [0.05, 0.1) is 0 Å². The number of allylic oxidation sites excluding steroid dienone is 1. The van der Waals surface area contributed by atoms with Crippen LogP contribution in [0.2, 0.25) is 0 Å². The standard InChI is InChI=1S/C41H56O6/c1-24(2)13-41(36(43)46-39-18-29-7-30(19-39)9-31(8-29)20-39,37(44)47-40-21-32-10-33(22-40)12-34(11-32)23-40)14-25(3)35(42)45-38-15-26-4-27(16-38)6-28(5-26)17-38/h26-34H,1,3-23H2,2H3. The Morgan fingerprint density at radius 1 is 0.511 bits per heavy atom. The average molecular weight is 645 g/mol. The molecule has 0 aromatic heterocycles. The molecule has 0 aromatic carbocycles. The molecule has 12 saturated carbocycles. The van der Waals surface area contributed by atoms with Crippen LogP contribution in [0.5, 0.6) is 0 Å². The van der Waals surface area contributed by atoms with Crippen LogP contribution in [0.1, 0.15) is 135 Å². The fraction of sp³-hybridized carbons (Fsp3) is 0.829. The minimum Gasteiger partial charge on any atom is -0.458 e. The molecule has 0 unspecified atom stereocenters. The van der Waals surface area contributed by atoms with E-state index in [2.05, 4.69) is 13.2 Å². The van der Waals surface area contributed by atoms with Crippen LogP contribution in [0.15, 0.2) is 24.3 Å². The normalized spacial score (nSPS) is 47.4.